The second-order valence-corrected chi connectivity index (χ2v) is 6.06. The van der Waals surface area contributed by atoms with Gasteiger partial charge in [-0.25, -0.2) is 0 Å². The van der Waals surface area contributed by atoms with Gasteiger partial charge >= 0.3 is 0 Å². The normalized spacial score (nSPS) is 36.0. The lowest BCUT2D eigenvalue weighted by atomic mass is 10.1. The molecule has 3 heterocycles. The maximum absolute atomic E-state index is 12.2. The summed E-state index contributed by atoms with van der Waals surface area (Å²) in [7, 11) is 0. The first-order chi connectivity index (χ1) is 10.4. The van der Waals surface area contributed by atoms with Crippen molar-refractivity contribution in [2.45, 2.75) is 36.2 Å². The number of amides is 2. The van der Waals surface area contributed by atoms with Crippen LogP contribution in [0, 0.1) is 0 Å². The van der Waals surface area contributed by atoms with Crippen LogP contribution in [0.4, 0.5) is 4.79 Å². The number of ether oxygens (including phenoxy) is 1. The number of nitrogens with zero attached hydrogens (tertiary/aromatic N) is 3. The van der Waals surface area contributed by atoms with Gasteiger partial charge in [0.05, 0.1) is 12.2 Å². The van der Waals surface area contributed by atoms with Crippen molar-refractivity contribution in [3.8, 4) is 0 Å². The van der Waals surface area contributed by atoms with Gasteiger partial charge in [-0.05, 0) is 11.8 Å². The quantitative estimate of drug-likeness (QED) is 0.554. The number of aliphatic hydroxyl groups excluding tert-OH is 2. The molecule has 2 amide bonds. The minimum Gasteiger partial charge on any atom is -0.388 e. The molecule has 2 saturated heterocycles. The Hall–Kier alpha value is -1.75. The molecule has 118 valence electrons. The first-order valence-corrected chi connectivity index (χ1v) is 7.41. The fraction of sp³-hybridized carbons (Fsp3) is 0.500. The highest BCUT2D eigenvalue weighted by molar-refractivity contribution is 8.16. The van der Waals surface area contributed by atoms with Crippen LogP contribution in [0.15, 0.2) is 22.6 Å². The number of rotatable bonds is 3. The molecule has 0 aliphatic carbocycles. The molecule has 3 aliphatic rings. The number of aliphatic hydroxyl groups is 2. The van der Waals surface area contributed by atoms with Crippen LogP contribution >= 0.6 is 11.8 Å². The van der Waals surface area contributed by atoms with Gasteiger partial charge in [-0.1, -0.05) is 6.08 Å². The van der Waals surface area contributed by atoms with Gasteiger partial charge in [0.15, 0.2) is 11.5 Å². The number of amidine groups is 1. The molecule has 2 fully saturated rings. The van der Waals surface area contributed by atoms with Crippen LogP contribution in [0.1, 0.15) is 6.42 Å². The molecule has 0 spiro atoms. The van der Waals surface area contributed by atoms with Crippen molar-refractivity contribution in [3.63, 3.8) is 0 Å². The SMILES string of the molecule is C=CC(O)[C@@H]1C[C@@H](O)[C@H](N2C(=O)SC3C(=O)N=C(N)N=C32)O1. The monoisotopic (exact) mass is 326 g/mol. The van der Waals surface area contributed by atoms with Gasteiger partial charge < -0.3 is 20.7 Å². The molecule has 0 saturated carbocycles. The van der Waals surface area contributed by atoms with E-state index >= 15 is 0 Å². The molecule has 0 aromatic rings. The van der Waals surface area contributed by atoms with Gasteiger partial charge in [0.25, 0.3) is 11.1 Å². The summed E-state index contributed by atoms with van der Waals surface area (Å²) in [5, 5.41) is 18.5. The zero-order chi connectivity index (χ0) is 16.0. The fourth-order valence-electron chi connectivity index (χ4n) is 2.54. The molecule has 0 aromatic heterocycles. The van der Waals surface area contributed by atoms with Crippen LogP contribution in [0.2, 0.25) is 0 Å². The summed E-state index contributed by atoms with van der Waals surface area (Å²) in [6, 6.07) is 0. The summed E-state index contributed by atoms with van der Waals surface area (Å²) in [5.74, 6) is -0.712. The highest BCUT2D eigenvalue weighted by Gasteiger charge is 2.52. The smallest absolute Gasteiger partial charge is 0.290 e. The predicted octanol–water partition coefficient (Wildman–Crippen LogP) is -1.20. The van der Waals surface area contributed by atoms with Crippen molar-refractivity contribution in [2.75, 3.05) is 0 Å². The van der Waals surface area contributed by atoms with Crippen LogP contribution in [0.3, 0.4) is 0 Å². The van der Waals surface area contributed by atoms with Gasteiger partial charge in [0, 0.05) is 6.42 Å². The van der Waals surface area contributed by atoms with E-state index in [-0.39, 0.29) is 18.2 Å². The van der Waals surface area contributed by atoms with Crippen LogP contribution in [0.5, 0.6) is 0 Å². The second kappa shape index (κ2) is 5.47. The van der Waals surface area contributed by atoms with Crippen LogP contribution in [0.25, 0.3) is 0 Å². The Balaban J connectivity index is 1.88. The summed E-state index contributed by atoms with van der Waals surface area (Å²) < 4.78 is 5.55. The Labute approximate surface area is 129 Å². The van der Waals surface area contributed by atoms with Crippen LogP contribution in [-0.4, -0.2) is 67.8 Å². The Morgan fingerprint density at radius 1 is 1.50 bits per heavy atom. The lowest BCUT2D eigenvalue weighted by molar-refractivity contribution is -0.116. The second-order valence-electron chi connectivity index (χ2n) is 5.01. The number of nitrogens with two attached hydrogens (primary N) is 1. The number of fused-ring (bicyclic) bond motifs is 1. The predicted molar refractivity (Wildman–Crippen MR) is 78.2 cm³/mol. The van der Waals surface area contributed by atoms with Gasteiger partial charge in [0.1, 0.15) is 11.9 Å². The average Bonchev–Trinajstić information content (AvgIpc) is 2.98. The molecule has 22 heavy (non-hydrogen) atoms. The van der Waals surface area contributed by atoms with E-state index in [0.717, 1.165) is 16.7 Å². The van der Waals surface area contributed by atoms with E-state index in [1.807, 2.05) is 0 Å². The summed E-state index contributed by atoms with van der Waals surface area (Å²) in [6.45, 7) is 3.46. The lowest BCUT2D eigenvalue weighted by Gasteiger charge is -2.27. The number of guanidine groups is 1. The molecule has 9 nitrogen and oxygen atoms in total. The fourth-order valence-corrected chi connectivity index (χ4v) is 3.47. The molecule has 5 atom stereocenters. The van der Waals surface area contributed by atoms with Crippen LogP contribution in [-0.2, 0) is 9.53 Å². The van der Waals surface area contributed by atoms with E-state index in [1.165, 1.54) is 6.08 Å². The van der Waals surface area contributed by atoms with Gasteiger partial charge in [-0.2, -0.15) is 9.98 Å². The van der Waals surface area contributed by atoms with Crippen LogP contribution < -0.4 is 5.73 Å². The van der Waals surface area contributed by atoms with E-state index in [2.05, 4.69) is 16.6 Å². The first kappa shape index (κ1) is 15.2. The number of thioether (sulfide) groups is 1. The number of carbonyl (C=O) groups excluding carboxylic acids is 2. The first-order valence-electron chi connectivity index (χ1n) is 6.53. The van der Waals surface area contributed by atoms with Gasteiger partial charge in [-0.3, -0.25) is 14.5 Å². The van der Waals surface area contributed by atoms with Crippen molar-refractivity contribution >= 4 is 34.7 Å². The molecular weight excluding hydrogens is 312 g/mol. The number of hydrogen-bond donors (Lipinski definition) is 3. The summed E-state index contributed by atoms with van der Waals surface area (Å²) in [6.07, 6.45) is -2.32. The van der Waals surface area contributed by atoms with E-state index < -0.39 is 40.9 Å². The van der Waals surface area contributed by atoms with E-state index in [9.17, 15) is 19.8 Å². The minimum absolute atomic E-state index is 0.102. The van der Waals surface area contributed by atoms with E-state index in [4.69, 9.17) is 10.5 Å². The number of aliphatic imine (C=N–C) groups is 2. The molecule has 3 rings (SSSR count). The maximum Gasteiger partial charge on any atom is 0.290 e. The largest absolute Gasteiger partial charge is 0.388 e. The Bertz CT molecular complexity index is 606. The van der Waals surface area contributed by atoms with E-state index in [1.54, 1.807) is 0 Å². The van der Waals surface area contributed by atoms with Crippen molar-refractivity contribution in [1.82, 2.24) is 4.90 Å². The summed E-state index contributed by atoms with van der Waals surface area (Å²) in [5.41, 5.74) is 5.46. The zero-order valence-electron chi connectivity index (χ0n) is 11.3. The Morgan fingerprint density at radius 3 is 2.91 bits per heavy atom. The maximum atomic E-state index is 12.2. The summed E-state index contributed by atoms with van der Waals surface area (Å²) in [4.78, 5) is 32.5. The van der Waals surface area contributed by atoms with Crippen molar-refractivity contribution in [3.05, 3.63) is 12.7 Å². The standard InChI is InChI=1S/C12H14N4O5S/c1-2-4(17)6-3-5(18)10(21-6)16-8-7(22-12(16)20)9(19)15-11(13)14-8/h2,4-7,10,17-18H,1,3H2,(H2,13,15,19)/t4?,5-,6+,7?,10-/m1/s1. The zero-order valence-corrected chi connectivity index (χ0v) is 12.1. The molecule has 0 radical (unpaired) electrons. The third-order valence-corrected chi connectivity index (χ3v) is 4.62. The molecule has 10 heteroatoms. The molecule has 4 N–H and O–H groups in total. The Kier molecular flexibility index (Phi) is 3.77. The highest BCUT2D eigenvalue weighted by atomic mass is 32.2. The van der Waals surface area contributed by atoms with Crippen molar-refractivity contribution in [2.24, 2.45) is 15.7 Å². The van der Waals surface area contributed by atoms with E-state index in [0.29, 0.717) is 0 Å². The molecule has 3 aliphatic heterocycles. The average molecular weight is 326 g/mol. The molecular formula is C12H14N4O5S. The van der Waals surface area contributed by atoms with Gasteiger partial charge in [-0.15, -0.1) is 6.58 Å². The third-order valence-electron chi connectivity index (χ3n) is 3.57. The third kappa shape index (κ3) is 2.33. The van der Waals surface area contributed by atoms with Gasteiger partial charge in [0.2, 0.25) is 5.96 Å². The number of carbonyl (C=O) groups is 2. The topological polar surface area (TPSA) is 138 Å². The molecule has 0 bridgehead atoms. The molecule has 0 aromatic carbocycles. The molecule has 2 unspecified atom stereocenters. The van der Waals surface area contributed by atoms with Crippen molar-refractivity contribution < 1.29 is 24.5 Å². The number of hydrogen-bond acceptors (Lipinski definition) is 8. The summed E-state index contributed by atoms with van der Waals surface area (Å²) >= 11 is 0.742. The highest BCUT2D eigenvalue weighted by Crippen LogP contribution is 2.36. The minimum atomic E-state index is -1.04. The van der Waals surface area contributed by atoms with Crippen molar-refractivity contribution in [1.29, 1.82) is 0 Å². The Morgan fingerprint density at radius 2 is 2.23 bits per heavy atom. The lowest BCUT2D eigenvalue weighted by Crippen LogP contribution is -2.48.